The molecule has 0 atom stereocenters. The fourth-order valence-electron chi connectivity index (χ4n) is 4.51. The number of hydrogen-bond donors (Lipinski definition) is 3. The topological polar surface area (TPSA) is 114 Å². The predicted molar refractivity (Wildman–Crippen MR) is 143 cm³/mol. The first-order valence-corrected chi connectivity index (χ1v) is 13.2. The van der Waals surface area contributed by atoms with Gasteiger partial charge in [0.25, 0.3) is 5.91 Å². The first-order valence-electron chi connectivity index (χ1n) is 13.2. The second-order valence-corrected chi connectivity index (χ2v) is 9.64. The Morgan fingerprint density at radius 1 is 0.905 bits per heavy atom. The first kappa shape index (κ1) is 29.1. The molecule has 3 aromatic rings. The quantitative estimate of drug-likeness (QED) is 0.287. The van der Waals surface area contributed by atoms with E-state index in [1.165, 1.54) is 43.7 Å². The molecule has 3 N–H and O–H groups in total. The molecule has 3 amide bonds. The fourth-order valence-corrected chi connectivity index (χ4v) is 4.51. The number of rotatable bonds is 8. The summed E-state index contributed by atoms with van der Waals surface area (Å²) >= 11 is 0. The van der Waals surface area contributed by atoms with Crippen LogP contribution in [0.4, 0.5) is 33.7 Å². The summed E-state index contributed by atoms with van der Waals surface area (Å²) in [6.07, 6.45) is -3.74. The molecule has 14 heteroatoms. The summed E-state index contributed by atoms with van der Waals surface area (Å²) in [5, 5.41) is 7.74. The zero-order valence-corrected chi connectivity index (χ0v) is 22.2. The van der Waals surface area contributed by atoms with Gasteiger partial charge in [-0.3, -0.25) is 9.78 Å². The van der Waals surface area contributed by atoms with Crippen molar-refractivity contribution in [3.63, 3.8) is 0 Å². The van der Waals surface area contributed by atoms with Gasteiger partial charge in [-0.2, -0.15) is 8.78 Å². The van der Waals surface area contributed by atoms with Gasteiger partial charge in [0.05, 0.1) is 5.56 Å². The highest BCUT2D eigenvalue weighted by molar-refractivity contribution is 5.99. The number of urea groups is 1. The molecule has 0 unspecified atom stereocenters. The smallest absolute Gasteiger partial charge is 0.457 e. The number of pyridine rings is 1. The van der Waals surface area contributed by atoms with Gasteiger partial charge in [-0.25, -0.2) is 9.53 Å². The van der Waals surface area contributed by atoms with E-state index in [0.717, 1.165) is 37.8 Å². The van der Waals surface area contributed by atoms with Crippen LogP contribution in [0, 0.1) is 0 Å². The van der Waals surface area contributed by atoms with Crippen molar-refractivity contribution in [3.05, 3.63) is 72.1 Å². The van der Waals surface area contributed by atoms with Gasteiger partial charge in [0.1, 0.15) is 22.9 Å². The lowest BCUT2D eigenvalue weighted by molar-refractivity contribution is -0.461. The van der Waals surface area contributed by atoms with E-state index in [1.54, 1.807) is 18.2 Å². The van der Waals surface area contributed by atoms with Crippen molar-refractivity contribution in [2.24, 2.45) is 0 Å². The number of carbonyl (C=O) groups is 2. The Hall–Kier alpha value is -4.43. The standard InChI is InChI=1S/C28H27F4N5O5/c29-27(30)22-16-19(6-9-24(22)41-28(31,32)42-27)36-26(39)35-18-4-7-20(8-5-18)40-21-10-11-33-23(17-21)25(38)34-12-15-37-13-2-1-3-14-37/h4-11,16-17H,1-3,12-15H2,(H,34,38)(H2,35,36,39). The Bertz CT molecular complexity index is 1430. The Morgan fingerprint density at radius 3 is 2.38 bits per heavy atom. The average molecular weight is 590 g/mol. The fraction of sp³-hybridized carbons (Fsp3) is 0.321. The van der Waals surface area contributed by atoms with E-state index in [4.69, 9.17) is 4.74 Å². The van der Waals surface area contributed by atoms with Crippen LogP contribution in [-0.4, -0.2) is 54.3 Å². The maximum Gasteiger partial charge on any atom is 0.540 e. The van der Waals surface area contributed by atoms with Gasteiger partial charge >= 0.3 is 18.4 Å². The van der Waals surface area contributed by atoms with Crippen LogP contribution in [0.5, 0.6) is 17.2 Å². The number of halogens is 4. The largest absolute Gasteiger partial charge is 0.540 e. The summed E-state index contributed by atoms with van der Waals surface area (Å²) < 4.78 is 67.7. The molecule has 0 spiro atoms. The number of anilines is 2. The Morgan fingerprint density at radius 2 is 1.62 bits per heavy atom. The molecular weight excluding hydrogens is 562 g/mol. The van der Waals surface area contributed by atoms with Crippen molar-refractivity contribution >= 4 is 23.3 Å². The summed E-state index contributed by atoms with van der Waals surface area (Å²) in [6.45, 7) is 3.40. The Labute approximate surface area is 238 Å². The van der Waals surface area contributed by atoms with Crippen LogP contribution in [0.25, 0.3) is 0 Å². The molecule has 0 saturated carbocycles. The number of carbonyl (C=O) groups excluding carboxylic acids is 2. The van der Waals surface area contributed by atoms with Crippen molar-refractivity contribution in [2.75, 3.05) is 36.8 Å². The van der Waals surface area contributed by atoms with Crippen LogP contribution in [0.2, 0.25) is 0 Å². The number of piperidine rings is 1. The monoisotopic (exact) mass is 589 g/mol. The van der Waals surface area contributed by atoms with E-state index in [-0.39, 0.29) is 17.3 Å². The number of amides is 3. The van der Waals surface area contributed by atoms with Crippen molar-refractivity contribution in [2.45, 2.75) is 31.7 Å². The molecule has 222 valence electrons. The van der Waals surface area contributed by atoms with E-state index >= 15 is 0 Å². The van der Waals surface area contributed by atoms with E-state index in [1.807, 2.05) is 0 Å². The Balaban J connectivity index is 1.13. The van der Waals surface area contributed by atoms with Crippen LogP contribution >= 0.6 is 0 Å². The minimum atomic E-state index is -4.49. The van der Waals surface area contributed by atoms with Gasteiger partial charge in [0.15, 0.2) is 0 Å². The molecule has 1 saturated heterocycles. The predicted octanol–water partition coefficient (Wildman–Crippen LogP) is 5.74. The number of alkyl halides is 4. The second-order valence-electron chi connectivity index (χ2n) is 9.64. The lowest BCUT2D eigenvalue weighted by atomic mass is 10.1. The van der Waals surface area contributed by atoms with Gasteiger partial charge in [0, 0.05) is 36.7 Å². The molecule has 0 radical (unpaired) electrons. The van der Waals surface area contributed by atoms with Crippen LogP contribution < -0.4 is 25.4 Å². The molecule has 1 aromatic heterocycles. The van der Waals surface area contributed by atoms with Crippen molar-refractivity contribution in [3.8, 4) is 17.2 Å². The maximum atomic E-state index is 14.0. The van der Waals surface area contributed by atoms with Gasteiger partial charge < -0.3 is 30.3 Å². The first-order chi connectivity index (χ1) is 20.1. The number of likely N-dealkylation sites (tertiary alicyclic amines) is 1. The number of nitrogens with one attached hydrogen (secondary N) is 3. The summed E-state index contributed by atoms with van der Waals surface area (Å²) in [4.78, 5) is 31.4. The third-order valence-electron chi connectivity index (χ3n) is 6.50. The Kier molecular flexibility index (Phi) is 8.45. The number of aromatic nitrogens is 1. The summed E-state index contributed by atoms with van der Waals surface area (Å²) in [7, 11) is 0. The van der Waals surface area contributed by atoms with Gasteiger partial charge in [-0.05, 0) is 74.5 Å². The highest BCUT2D eigenvalue weighted by Gasteiger charge is 2.54. The number of hydrogen-bond acceptors (Lipinski definition) is 7. The highest BCUT2D eigenvalue weighted by atomic mass is 19.3. The summed E-state index contributed by atoms with van der Waals surface area (Å²) in [5.74, 6) is -0.270. The van der Waals surface area contributed by atoms with E-state index in [0.29, 0.717) is 23.7 Å². The highest BCUT2D eigenvalue weighted by Crippen LogP contribution is 2.46. The summed E-state index contributed by atoms with van der Waals surface area (Å²) in [6, 6.07) is 11.4. The molecular formula is C28H27F4N5O5. The average Bonchev–Trinajstić information content (AvgIpc) is 2.94. The van der Waals surface area contributed by atoms with Crippen molar-refractivity contribution < 1.29 is 41.4 Å². The lowest BCUT2D eigenvalue weighted by Gasteiger charge is -2.30. The zero-order chi connectivity index (χ0) is 29.7. The van der Waals surface area contributed by atoms with E-state index in [9.17, 15) is 27.2 Å². The summed E-state index contributed by atoms with van der Waals surface area (Å²) in [5.41, 5.74) is -0.500. The second kappa shape index (κ2) is 12.2. The number of fused-ring (bicyclic) bond motifs is 1. The molecule has 1 fully saturated rings. The third-order valence-corrected chi connectivity index (χ3v) is 6.50. The van der Waals surface area contributed by atoms with Gasteiger partial charge in [0.2, 0.25) is 0 Å². The third kappa shape index (κ3) is 7.44. The van der Waals surface area contributed by atoms with Crippen LogP contribution in [0.15, 0.2) is 60.8 Å². The van der Waals surface area contributed by atoms with E-state index in [2.05, 4.69) is 35.3 Å². The normalized spacial score (nSPS) is 17.3. The molecule has 2 aromatic carbocycles. The molecule has 3 heterocycles. The van der Waals surface area contributed by atoms with Crippen LogP contribution in [-0.2, 0) is 10.8 Å². The number of nitrogens with zero attached hydrogens (tertiary/aromatic N) is 2. The number of ether oxygens (including phenoxy) is 3. The van der Waals surface area contributed by atoms with Crippen LogP contribution in [0.3, 0.4) is 0 Å². The van der Waals surface area contributed by atoms with Crippen LogP contribution in [0.1, 0.15) is 35.3 Å². The maximum absolute atomic E-state index is 14.0. The lowest BCUT2D eigenvalue weighted by Crippen LogP contribution is -2.41. The molecule has 2 aliphatic heterocycles. The molecule has 0 bridgehead atoms. The molecule has 0 aliphatic carbocycles. The SMILES string of the molecule is O=C(Nc1ccc(Oc2ccnc(C(=O)NCCN3CCCCC3)c2)cc1)Nc1ccc2c(c1)C(F)(F)OC(F)(F)O2. The van der Waals surface area contributed by atoms with Gasteiger partial charge in [-0.1, -0.05) is 6.42 Å². The molecule has 42 heavy (non-hydrogen) atoms. The van der Waals surface area contributed by atoms with Gasteiger partial charge in [-0.15, -0.1) is 8.78 Å². The zero-order valence-electron chi connectivity index (χ0n) is 22.2. The van der Waals surface area contributed by atoms with Crippen molar-refractivity contribution in [1.82, 2.24) is 15.2 Å². The number of benzene rings is 2. The molecule has 10 nitrogen and oxygen atoms in total. The van der Waals surface area contributed by atoms with Crippen molar-refractivity contribution in [1.29, 1.82) is 0 Å². The van der Waals surface area contributed by atoms with E-state index < -0.39 is 29.7 Å². The molecule has 5 rings (SSSR count). The minimum Gasteiger partial charge on any atom is -0.457 e. The minimum absolute atomic E-state index is 0.104. The molecule has 2 aliphatic rings.